The number of aryl methyl sites for hydroxylation is 2. The van der Waals surface area contributed by atoms with Crippen molar-refractivity contribution in [2.45, 2.75) is 27.4 Å². The highest BCUT2D eigenvalue weighted by Crippen LogP contribution is 2.22. The summed E-state index contributed by atoms with van der Waals surface area (Å²) in [5, 5.41) is 0. The lowest BCUT2D eigenvalue weighted by atomic mass is 10.1. The number of oxazole rings is 1. The van der Waals surface area contributed by atoms with Crippen molar-refractivity contribution in [3.05, 3.63) is 53.0 Å². The highest BCUT2D eigenvalue weighted by molar-refractivity contribution is 5.67. The maximum absolute atomic E-state index is 5.78. The van der Waals surface area contributed by atoms with Gasteiger partial charge >= 0.3 is 0 Å². The van der Waals surface area contributed by atoms with E-state index in [1.165, 1.54) is 5.56 Å². The molecule has 0 aliphatic carbocycles. The van der Waals surface area contributed by atoms with E-state index < -0.39 is 0 Å². The van der Waals surface area contributed by atoms with Gasteiger partial charge < -0.3 is 9.15 Å². The van der Waals surface area contributed by atoms with Gasteiger partial charge in [0, 0.05) is 5.69 Å². The fourth-order valence-electron chi connectivity index (χ4n) is 2.04. The van der Waals surface area contributed by atoms with Gasteiger partial charge in [0.05, 0.1) is 0 Å². The van der Waals surface area contributed by atoms with Crippen molar-refractivity contribution < 1.29 is 9.15 Å². The molecule has 4 nitrogen and oxygen atoms in total. The van der Waals surface area contributed by atoms with Gasteiger partial charge in [0.15, 0.2) is 6.61 Å². The number of hydrogen-bond donors (Lipinski definition) is 0. The van der Waals surface area contributed by atoms with Crippen LogP contribution in [0.3, 0.4) is 0 Å². The van der Waals surface area contributed by atoms with Crippen LogP contribution in [0.5, 0.6) is 5.75 Å². The van der Waals surface area contributed by atoms with Crippen LogP contribution in [0.25, 0.3) is 11.2 Å². The molecule has 0 fully saturated rings. The number of pyridine rings is 1. The molecule has 0 radical (unpaired) electrons. The van der Waals surface area contributed by atoms with Crippen LogP contribution in [0.2, 0.25) is 0 Å². The Balaban J connectivity index is 1.81. The first-order chi connectivity index (χ1) is 9.63. The van der Waals surface area contributed by atoms with Crippen LogP contribution in [0.15, 0.2) is 34.7 Å². The van der Waals surface area contributed by atoms with Crippen LogP contribution in [-0.4, -0.2) is 9.97 Å². The highest BCUT2D eigenvalue weighted by Gasteiger charge is 2.09. The van der Waals surface area contributed by atoms with Gasteiger partial charge in [0.1, 0.15) is 11.3 Å². The molecule has 0 aliphatic heterocycles. The number of hydrogen-bond acceptors (Lipinski definition) is 4. The number of fused-ring (bicyclic) bond motifs is 1. The lowest BCUT2D eigenvalue weighted by Gasteiger charge is -2.08. The predicted octanol–water partition coefficient (Wildman–Crippen LogP) is 3.73. The molecule has 3 rings (SSSR count). The van der Waals surface area contributed by atoms with E-state index in [-0.39, 0.29) is 0 Å². The molecule has 0 unspecified atom stereocenters. The molecule has 20 heavy (non-hydrogen) atoms. The minimum absolute atomic E-state index is 0.305. The molecule has 3 aromatic rings. The van der Waals surface area contributed by atoms with Gasteiger partial charge in [-0.3, -0.25) is 0 Å². The number of nitrogens with zero attached hydrogens (tertiary/aromatic N) is 2. The summed E-state index contributed by atoms with van der Waals surface area (Å²) in [6.07, 6.45) is 0. The van der Waals surface area contributed by atoms with Crippen LogP contribution in [0.4, 0.5) is 0 Å². The van der Waals surface area contributed by atoms with Crippen molar-refractivity contribution in [3.8, 4) is 5.75 Å². The molecule has 0 aliphatic rings. The Morgan fingerprint density at radius 1 is 1.05 bits per heavy atom. The third-order valence-corrected chi connectivity index (χ3v) is 3.35. The van der Waals surface area contributed by atoms with E-state index in [2.05, 4.69) is 23.0 Å². The topological polar surface area (TPSA) is 48.2 Å². The number of benzene rings is 1. The number of ether oxygens (including phenoxy) is 1. The molecule has 2 aromatic heterocycles. The van der Waals surface area contributed by atoms with Gasteiger partial charge in [0.25, 0.3) is 0 Å². The third kappa shape index (κ3) is 2.37. The van der Waals surface area contributed by atoms with Crippen LogP contribution in [0.1, 0.15) is 22.7 Å². The standard InChI is InChI=1S/C16H16N2O2/c1-10-5-4-6-14(12(10)3)19-9-15-18-13-8-7-11(2)17-16(13)20-15/h4-8H,9H2,1-3H3. The molecule has 4 heteroatoms. The zero-order valence-corrected chi connectivity index (χ0v) is 11.8. The van der Waals surface area contributed by atoms with Gasteiger partial charge in [-0.2, -0.15) is 0 Å². The van der Waals surface area contributed by atoms with Crippen molar-refractivity contribution in [1.29, 1.82) is 0 Å². The lowest BCUT2D eigenvalue weighted by molar-refractivity contribution is 0.265. The van der Waals surface area contributed by atoms with Gasteiger partial charge in [-0.1, -0.05) is 12.1 Å². The molecule has 0 saturated carbocycles. The average molecular weight is 268 g/mol. The van der Waals surface area contributed by atoms with E-state index >= 15 is 0 Å². The van der Waals surface area contributed by atoms with E-state index in [0.29, 0.717) is 18.2 Å². The van der Waals surface area contributed by atoms with Crippen LogP contribution in [-0.2, 0) is 6.61 Å². The molecule has 102 valence electrons. The van der Waals surface area contributed by atoms with Crippen molar-refractivity contribution in [2.75, 3.05) is 0 Å². The van der Waals surface area contributed by atoms with Gasteiger partial charge in [-0.05, 0) is 50.1 Å². The summed E-state index contributed by atoms with van der Waals surface area (Å²) in [6.45, 7) is 6.34. The first-order valence-corrected chi connectivity index (χ1v) is 6.55. The van der Waals surface area contributed by atoms with Gasteiger partial charge in [-0.25, -0.2) is 9.97 Å². The maximum Gasteiger partial charge on any atom is 0.247 e. The molecule has 0 spiro atoms. The Kier molecular flexibility index (Phi) is 3.14. The smallest absolute Gasteiger partial charge is 0.247 e. The molecule has 1 aromatic carbocycles. The monoisotopic (exact) mass is 268 g/mol. The Labute approximate surface area is 117 Å². The van der Waals surface area contributed by atoms with Crippen molar-refractivity contribution in [3.63, 3.8) is 0 Å². The Morgan fingerprint density at radius 3 is 2.75 bits per heavy atom. The Hall–Kier alpha value is -2.36. The summed E-state index contributed by atoms with van der Waals surface area (Å²) >= 11 is 0. The molecule has 2 heterocycles. The number of aromatic nitrogens is 2. The molecule has 0 saturated heterocycles. The Bertz CT molecular complexity index is 762. The highest BCUT2D eigenvalue weighted by atomic mass is 16.5. The third-order valence-electron chi connectivity index (χ3n) is 3.35. The van der Waals surface area contributed by atoms with E-state index in [0.717, 1.165) is 22.5 Å². The summed E-state index contributed by atoms with van der Waals surface area (Å²) in [5.74, 6) is 1.40. The van der Waals surface area contributed by atoms with Gasteiger partial charge in [-0.15, -0.1) is 0 Å². The molecular weight excluding hydrogens is 252 g/mol. The maximum atomic E-state index is 5.78. The molecule has 0 atom stereocenters. The second-order valence-electron chi connectivity index (χ2n) is 4.87. The van der Waals surface area contributed by atoms with Crippen molar-refractivity contribution in [1.82, 2.24) is 9.97 Å². The molecule has 0 bridgehead atoms. The minimum atomic E-state index is 0.305. The Morgan fingerprint density at radius 2 is 1.90 bits per heavy atom. The molecule has 0 amide bonds. The van der Waals surface area contributed by atoms with E-state index in [9.17, 15) is 0 Å². The lowest BCUT2D eigenvalue weighted by Crippen LogP contribution is -1.98. The summed E-state index contributed by atoms with van der Waals surface area (Å²) in [7, 11) is 0. The first kappa shape index (κ1) is 12.7. The van der Waals surface area contributed by atoms with Crippen LogP contribution < -0.4 is 4.74 Å². The van der Waals surface area contributed by atoms with E-state index in [1.807, 2.05) is 38.1 Å². The average Bonchev–Trinajstić information content (AvgIpc) is 2.82. The molecular formula is C16H16N2O2. The number of rotatable bonds is 3. The fraction of sp³-hybridized carbons (Fsp3) is 0.250. The summed E-state index contributed by atoms with van der Waals surface area (Å²) < 4.78 is 11.4. The quantitative estimate of drug-likeness (QED) is 0.726. The predicted molar refractivity (Wildman–Crippen MR) is 76.8 cm³/mol. The summed E-state index contributed by atoms with van der Waals surface area (Å²) in [4.78, 5) is 8.67. The largest absolute Gasteiger partial charge is 0.484 e. The zero-order valence-electron chi connectivity index (χ0n) is 11.8. The second kappa shape index (κ2) is 4.96. The fourth-order valence-corrected chi connectivity index (χ4v) is 2.04. The van der Waals surface area contributed by atoms with Crippen LogP contribution in [0, 0.1) is 20.8 Å². The minimum Gasteiger partial charge on any atom is -0.484 e. The summed E-state index contributed by atoms with van der Waals surface area (Å²) in [5.41, 5.74) is 4.57. The first-order valence-electron chi connectivity index (χ1n) is 6.55. The zero-order chi connectivity index (χ0) is 14.1. The van der Waals surface area contributed by atoms with E-state index in [4.69, 9.17) is 9.15 Å². The van der Waals surface area contributed by atoms with Crippen LogP contribution >= 0.6 is 0 Å². The van der Waals surface area contributed by atoms with Crippen molar-refractivity contribution >= 4 is 11.2 Å². The molecule has 0 N–H and O–H groups in total. The second-order valence-corrected chi connectivity index (χ2v) is 4.87. The van der Waals surface area contributed by atoms with E-state index in [1.54, 1.807) is 0 Å². The van der Waals surface area contributed by atoms with Gasteiger partial charge in [0.2, 0.25) is 11.6 Å². The normalized spacial score (nSPS) is 10.9. The SMILES string of the molecule is Cc1ccc2nc(COc3cccc(C)c3C)oc2n1. The summed E-state index contributed by atoms with van der Waals surface area (Å²) in [6, 6.07) is 9.82. The van der Waals surface area contributed by atoms with Crippen molar-refractivity contribution in [2.24, 2.45) is 0 Å².